The molecule has 0 saturated heterocycles. The van der Waals surface area contributed by atoms with Crippen molar-refractivity contribution in [3.05, 3.63) is 46.3 Å². The Bertz CT molecular complexity index is 1090. The molecule has 0 radical (unpaired) electrons. The fourth-order valence-electron chi connectivity index (χ4n) is 4.14. The first-order valence-electron chi connectivity index (χ1n) is 9.92. The van der Waals surface area contributed by atoms with Crippen LogP contribution in [0.5, 0.6) is 0 Å². The predicted octanol–water partition coefficient (Wildman–Crippen LogP) is 2.94. The molecule has 3 N–H and O–H groups in total. The van der Waals surface area contributed by atoms with Crippen molar-refractivity contribution in [3.63, 3.8) is 0 Å². The van der Waals surface area contributed by atoms with Crippen LogP contribution < -0.4 is 10.6 Å². The Morgan fingerprint density at radius 3 is 2.74 bits per heavy atom. The zero-order valence-corrected chi connectivity index (χ0v) is 17.3. The molecule has 7 nitrogen and oxygen atoms in total. The second-order valence-electron chi connectivity index (χ2n) is 7.65. The monoisotopic (exact) mass is 432 g/mol. The van der Waals surface area contributed by atoms with E-state index in [9.17, 15) is 18.0 Å². The summed E-state index contributed by atoms with van der Waals surface area (Å²) in [6.45, 7) is 3.33. The maximum Gasteiger partial charge on any atom is 0.431 e. The number of carbonyl (C=O) groups is 1. The number of halogens is 3. The van der Waals surface area contributed by atoms with E-state index in [1.165, 1.54) is 7.05 Å². The highest BCUT2D eigenvalue weighted by Crippen LogP contribution is 2.39. The Labute approximate surface area is 177 Å². The van der Waals surface area contributed by atoms with Crippen LogP contribution in [0, 0.1) is 0 Å². The Morgan fingerprint density at radius 1 is 1.29 bits per heavy atom. The van der Waals surface area contributed by atoms with Crippen LogP contribution in [-0.2, 0) is 24.2 Å². The molecule has 0 spiro atoms. The molecule has 1 aromatic heterocycles. The van der Waals surface area contributed by atoms with E-state index in [-0.39, 0.29) is 11.5 Å². The van der Waals surface area contributed by atoms with Gasteiger partial charge in [-0.25, -0.2) is 0 Å². The van der Waals surface area contributed by atoms with E-state index < -0.39 is 11.9 Å². The third-order valence-corrected chi connectivity index (χ3v) is 5.75. The number of hydrogen-bond acceptors (Lipinski definition) is 5. The predicted molar refractivity (Wildman–Crippen MR) is 112 cm³/mol. The molecule has 0 saturated carbocycles. The van der Waals surface area contributed by atoms with E-state index in [1.807, 2.05) is 4.90 Å². The standard InChI is InChI=1S/C21H23F3N6O/c1-12(31)29-7-6-17-16(11-29)20(28-27-17)30-8-5-14-9-13(3-4-18(14)30)15(10-26-2)19(25)21(22,23)24/h3-4,9-10H,5-8,11,25H2,1-2H3,(H,27,28). The number of H-pyrrole nitrogens is 1. The average molecular weight is 432 g/mol. The van der Waals surface area contributed by atoms with Gasteiger partial charge in [0.15, 0.2) is 5.82 Å². The Hall–Kier alpha value is -3.30. The van der Waals surface area contributed by atoms with Crippen LogP contribution in [0.2, 0.25) is 0 Å². The van der Waals surface area contributed by atoms with Crippen molar-refractivity contribution in [2.45, 2.75) is 32.5 Å². The Morgan fingerprint density at radius 2 is 2.06 bits per heavy atom. The molecule has 0 bridgehead atoms. The number of benzene rings is 1. The van der Waals surface area contributed by atoms with Crippen molar-refractivity contribution in [2.24, 2.45) is 10.7 Å². The van der Waals surface area contributed by atoms with Gasteiger partial charge in [-0.3, -0.25) is 14.9 Å². The van der Waals surface area contributed by atoms with Crippen molar-refractivity contribution < 1.29 is 18.0 Å². The van der Waals surface area contributed by atoms with Gasteiger partial charge in [0.2, 0.25) is 5.91 Å². The molecule has 2 aliphatic rings. The highest BCUT2D eigenvalue weighted by molar-refractivity contribution is 6.11. The number of alkyl halides is 3. The smallest absolute Gasteiger partial charge is 0.394 e. The first kappa shape index (κ1) is 21.0. The maximum absolute atomic E-state index is 13.2. The molecular formula is C21H23F3N6O. The minimum absolute atomic E-state index is 0.0171. The van der Waals surface area contributed by atoms with E-state index in [1.54, 1.807) is 30.0 Å². The molecule has 0 aliphatic carbocycles. The fourth-order valence-corrected chi connectivity index (χ4v) is 4.14. The van der Waals surface area contributed by atoms with Crippen LogP contribution in [0.25, 0.3) is 5.57 Å². The van der Waals surface area contributed by atoms with Crippen molar-refractivity contribution in [1.82, 2.24) is 15.1 Å². The zero-order chi connectivity index (χ0) is 22.3. The normalized spacial score (nSPS) is 17.1. The van der Waals surface area contributed by atoms with Crippen LogP contribution in [0.3, 0.4) is 0 Å². The number of nitrogens with one attached hydrogen (secondary N) is 1. The van der Waals surface area contributed by atoms with E-state index in [0.29, 0.717) is 38.0 Å². The Balaban J connectivity index is 1.70. The number of anilines is 2. The lowest BCUT2D eigenvalue weighted by molar-refractivity contribution is -0.129. The molecule has 164 valence electrons. The van der Waals surface area contributed by atoms with Gasteiger partial charge in [-0.1, -0.05) is 6.07 Å². The van der Waals surface area contributed by atoms with Gasteiger partial charge in [0.1, 0.15) is 5.70 Å². The lowest BCUT2D eigenvalue weighted by atomic mass is 10.0. The van der Waals surface area contributed by atoms with Crippen LogP contribution in [-0.4, -0.2) is 53.5 Å². The number of aliphatic imine (C=N–C) groups is 1. The van der Waals surface area contributed by atoms with Crippen LogP contribution >= 0.6 is 0 Å². The lowest BCUT2D eigenvalue weighted by Gasteiger charge is -2.27. The largest absolute Gasteiger partial charge is 0.431 e. The van der Waals surface area contributed by atoms with E-state index in [4.69, 9.17) is 5.73 Å². The molecule has 0 unspecified atom stereocenters. The molecule has 4 rings (SSSR count). The van der Waals surface area contributed by atoms with E-state index >= 15 is 0 Å². The van der Waals surface area contributed by atoms with Gasteiger partial charge in [0, 0.05) is 62.2 Å². The quantitative estimate of drug-likeness (QED) is 0.730. The van der Waals surface area contributed by atoms with Crippen LogP contribution in [0.15, 0.2) is 28.9 Å². The first-order valence-corrected chi connectivity index (χ1v) is 9.92. The molecule has 31 heavy (non-hydrogen) atoms. The van der Waals surface area contributed by atoms with Crippen LogP contribution in [0.1, 0.15) is 29.3 Å². The molecule has 1 aromatic carbocycles. The Kier molecular flexibility index (Phi) is 5.24. The average Bonchev–Trinajstić information content (AvgIpc) is 3.33. The van der Waals surface area contributed by atoms with Gasteiger partial charge in [-0.05, 0) is 29.7 Å². The van der Waals surface area contributed by atoms with Gasteiger partial charge >= 0.3 is 6.18 Å². The van der Waals surface area contributed by atoms with Gasteiger partial charge < -0.3 is 15.5 Å². The van der Waals surface area contributed by atoms with Crippen molar-refractivity contribution in [3.8, 4) is 0 Å². The lowest BCUT2D eigenvalue weighted by Crippen LogP contribution is -2.34. The molecule has 3 heterocycles. The summed E-state index contributed by atoms with van der Waals surface area (Å²) < 4.78 is 39.6. The van der Waals surface area contributed by atoms with E-state index in [2.05, 4.69) is 15.2 Å². The number of fused-ring (bicyclic) bond motifs is 2. The van der Waals surface area contributed by atoms with Gasteiger partial charge in [-0.2, -0.15) is 18.3 Å². The van der Waals surface area contributed by atoms with Gasteiger partial charge in [-0.15, -0.1) is 0 Å². The number of aromatic nitrogens is 2. The second kappa shape index (κ2) is 7.75. The number of nitrogens with zero attached hydrogens (tertiary/aromatic N) is 4. The number of carbonyl (C=O) groups excluding carboxylic acids is 1. The van der Waals surface area contributed by atoms with Crippen molar-refractivity contribution in [1.29, 1.82) is 0 Å². The zero-order valence-electron chi connectivity index (χ0n) is 17.3. The first-order chi connectivity index (χ1) is 14.7. The molecular weight excluding hydrogens is 409 g/mol. The van der Waals surface area contributed by atoms with Crippen LogP contribution in [0.4, 0.5) is 24.7 Å². The van der Waals surface area contributed by atoms with Gasteiger partial charge in [0.05, 0.1) is 6.54 Å². The number of nitrogens with two attached hydrogens (primary N) is 1. The minimum atomic E-state index is -4.64. The highest BCUT2D eigenvalue weighted by atomic mass is 19.4. The molecule has 2 aliphatic heterocycles. The molecule has 10 heteroatoms. The third-order valence-electron chi connectivity index (χ3n) is 5.75. The number of hydrogen-bond donors (Lipinski definition) is 2. The summed E-state index contributed by atoms with van der Waals surface area (Å²) in [7, 11) is 1.41. The molecule has 0 fully saturated rings. The number of amides is 1. The molecule has 2 aromatic rings. The summed E-state index contributed by atoms with van der Waals surface area (Å²) in [6, 6.07) is 5.14. The minimum Gasteiger partial charge on any atom is -0.394 e. The number of aromatic amines is 1. The summed E-state index contributed by atoms with van der Waals surface area (Å²) in [5.74, 6) is 0.775. The maximum atomic E-state index is 13.2. The fraction of sp³-hybridized carbons (Fsp3) is 0.381. The van der Waals surface area contributed by atoms with Gasteiger partial charge in [0.25, 0.3) is 0 Å². The third kappa shape index (κ3) is 3.77. The van der Waals surface area contributed by atoms with Crippen molar-refractivity contribution >= 4 is 29.2 Å². The topological polar surface area (TPSA) is 90.6 Å². The highest BCUT2D eigenvalue weighted by Gasteiger charge is 2.35. The number of allylic oxidation sites excluding steroid dienone is 2. The van der Waals surface area contributed by atoms with Crippen molar-refractivity contribution in [2.75, 3.05) is 25.0 Å². The SMILES string of the molecule is CN=CC(=C(N)C(F)(F)F)c1ccc2c(c1)CCN2c1n[nH]c2c1CN(C(C)=O)CC2. The summed E-state index contributed by atoms with van der Waals surface area (Å²) >= 11 is 0. The summed E-state index contributed by atoms with van der Waals surface area (Å²) in [4.78, 5) is 19.4. The summed E-state index contributed by atoms with van der Waals surface area (Å²) in [5.41, 5.74) is 8.23. The van der Waals surface area contributed by atoms with E-state index in [0.717, 1.165) is 34.5 Å². The molecule has 1 amide bonds. The number of rotatable bonds is 3. The summed E-state index contributed by atoms with van der Waals surface area (Å²) in [5, 5.41) is 7.56. The second-order valence-corrected chi connectivity index (χ2v) is 7.65. The summed E-state index contributed by atoms with van der Waals surface area (Å²) in [6.07, 6.45) is -2.14. The molecule has 0 atom stereocenters.